The van der Waals surface area contributed by atoms with Gasteiger partial charge in [0, 0.05) is 25.1 Å². The van der Waals surface area contributed by atoms with Gasteiger partial charge in [0.15, 0.2) is 5.65 Å². The number of rotatable bonds is 6. The lowest BCUT2D eigenvalue weighted by Crippen LogP contribution is -2.26. The van der Waals surface area contributed by atoms with Crippen molar-refractivity contribution >= 4 is 11.6 Å². The molecule has 1 saturated carbocycles. The van der Waals surface area contributed by atoms with E-state index in [4.69, 9.17) is 0 Å². The number of nitrogens with one attached hydrogen (secondary N) is 1. The Hall–Kier alpha value is -2.69. The molecule has 5 nitrogen and oxygen atoms in total. The second kappa shape index (κ2) is 6.43. The Morgan fingerprint density at radius 1 is 1.12 bits per heavy atom. The Kier molecular flexibility index (Phi) is 3.99. The summed E-state index contributed by atoms with van der Waals surface area (Å²) in [4.78, 5) is 12.2. The van der Waals surface area contributed by atoms with Crippen LogP contribution in [-0.4, -0.2) is 27.0 Å². The van der Waals surface area contributed by atoms with Crippen molar-refractivity contribution in [2.24, 2.45) is 5.92 Å². The van der Waals surface area contributed by atoms with Gasteiger partial charge in [0.05, 0.1) is 0 Å². The maximum atomic E-state index is 12.2. The minimum Gasteiger partial charge on any atom is -0.356 e. The Labute approximate surface area is 140 Å². The molecule has 1 N–H and O–H groups in total. The van der Waals surface area contributed by atoms with Crippen LogP contribution in [0.4, 0.5) is 0 Å². The molecule has 24 heavy (non-hydrogen) atoms. The van der Waals surface area contributed by atoms with Gasteiger partial charge in [-0.15, -0.1) is 10.2 Å². The van der Waals surface area contributed by atoms with E-state index < -0.39 is 0 Å². The average molecular weight is 320 g/mol. The van der Waals surface area contributed by atoms with E-state index in [0.29, 0.717) is 12.5 Å². The van der Waals surface area contributed by atoms with Gasteiger partial charge in [0.1, 0.15) is 5.82 Å². The van der Waals surface area contributed by atoms with Gasteiger partial charge in [0.2, 0.25) is 5.91 Å². The predicted molar refractivity (Wildman–Crippen MR) is 91.6 cm³/mol. The second-order valence-corrected chi connectivity index (χ2v) is 6.30. The molecule has 1 aromatic carbocycles. The van der Waals surface area contributed by atoms with E-state index in [1.165, 1.54) is 5.56 Å². The van der Waals surface area contributed by atoms with Gasteiger partial charge >= 0.3 is 0 Å². The fourth-order valence-corrected chi connectivity index (χ4v) is 3.20. The molecule has 1 aliphatic carbocycles. The average Bonchev–Trinajstić information content (AvgIpc) is 3.34. The third-order valence-corrected chi connectivity index (χ3v) is 4.62. The molecule has 4 rings (SSSR count). The van der Waals surface area contributed by atoms with Crippen LogP contribution < -0.4 is 5.32 Å². The zero-order valence-corrected chi connectivity index (χ0v) is 13.4. The summed E-state index contributed by atoms with van der Waals surface area (Å²) < 4.78 is 1.99. The fourth-order valence-electron chi connectivity index (χ4n) is 3.20. The first kappa shape index (κ1) is 14.9. The van der Waals surface area contributed by atoms with E-state index in [0.717, 1.165) is 30.7 Å². The molecule has 0 spiro atoms. The normalized spacial score (nSPS) is 19.3. The van der Waals surface area contributed by atoms with Gasteiger partial charge in [0.25, 0.3) is 0 Å². The molecule has 2 atom stereocenters. The third-order valence-electron chi connectivity index (χ3n) is 4.62. The first-order chi connectivity index (χ1) is 11.8. The molecule has 0 saturated heterocycles. The highest BCUT2D eigenvalue weighted by Crippen LogP contribution is 2.47. The quantitative estimate of drug-likeness (QED) is 0.710. The number of nitrogens with zero attached hydrogens (tertiary/aromatic N) is 3. The van der Waals surface area contributed by atoms with Crippen LogP contribution in [0.5, 0.6) is 0 Å². The number of fused-ring (bicyclic) bond motifs is 1. The molecular weight excluding hydrogens is 300 g/mol. The Balaban J connectivity index is 1.24. The SMILES string of the molecule is O=C(NCCCc1nnc2ccccn12)C1CC1c1ccccc1. The third kappa shape index (κ3) is 3.02. The van der Waals surface area contributed by atoms with Crippen molar-refractivity contribution in [1.29, 1.82) is 0 Å². The zero-order chi connectivity index (χ0) is 16.4. The number of hydrogen-bond donors (Lipinski definition) is 1. The summed E-state index contributed by atoms with van der Waals surface area (Å²) >= 11 is 0. The molecule has 1 fully saturated rings. The van der Waals surface area contributed by atoms with E-state index >= 15 is 0 Å². The highest BCUT2D eigenvalue weighted by Gasteiger charge is 2.43. The topological polar surface area (TPSA) is 59.3 Å². The van der Waals surface area contributed by atoms with Crippen LogP contribution in [0.25, 0.3) is 5.65 Å². The van der Waals surface area contributed by atoms with Gasteiger partial charge in [-0.1, -0.05) is 36.4 Å². The summed E-state index contributed by atoms with van der Waals surface area (Å²) in [6.45, 7) is 0.679. The molecule has 1 amide bonds. The number of aryl methyl sites for hydroxylation is 1. The standard InChI is InChI=1S/C19H20N4O/c24-19(16-13-15(16)14-7-2-1-3-8-14)20-11-6-10-18-22-21-17-9-4-5-12-23(17)18/h1-5,7-9,12,15-16H,6,10-11,13H2,(H,20,24). The zero-order valence-electron chi connectivity index (χ0n) is 13.4. The van der Waals surface area contributed by atoms with Crippen molar-refractivity contribution in [1.82, 2.24) is 19.9 Å². The lowest BCUT2D eigenvalue weighted by molar-refractivity contribution is -0.122. The van der Waals surface area contributed by atoms with Crippen LogP contribution in [-0.2, 0) is 11.2 Å². The smallest absolute Gasteiger partial charge is 0.223 e. The number of amides is 1. The minimum absolute atomic E-state index is 0.140. The van der Waals surface area contributed by atoms with E-state index in [1.807, 2.05) is 47.0 Å². The van der Waals surface area contributed by atoms with Crippen molar-refractivity contribution in [3.8, 4) is 0 Å². The number of hydrogen-bond acceptors (Lipinski definition) is 3. The maximum Gasteiger partial charge on any atom is 0.223 e. The Bertz CT molecular complexity index is 843. The van der Waals surface area contributed by atoms with Crippen molar-refractivity contribution in [3.63, 3.8) is 0 Å². The first-order valence-electron chi connectivity index (χ1n) is 8.44. The largest absolute Gasteiger partial charge is 0.356 e. The molecule has 122 valence electrons. The van der Waals surface area contributed by atoms with Crippen molar-refractivity contribution in [2.75, 3.05) is 6.54 Å². The van der Waals surface area contributed by atoms with Crippen LogP contribution in [0.3, 0.4) is 0 Å². The highest BCUT2D eigenvalue weighted by atomic mass is 16.2. The van der Waals surface area contributed by atoms with E-state index in [-0.39, 0.29) is 11.8 Å². The molecule has 2 heterocycles. The van der Waals surface area contributed by atoms with Gasteiger partial charge in [-0.05, 0) is 36.5 Å². The van der Waals surface area contributed by atoms with Gasteiger partial charge in [-0.2, -0.15) is 0 Å². The lowest BCUT2D eigenvalue weighted by atomic mass is 10.1. The summed E-state index contributed by atoms with van der Waals surface area (Å²) in [5.74, 6) is 1.65. The molecule has 1 aliphatic rings. The van der Waals surface area contributed by atoms with E-state index in [9.17, 15) is 4.79 Å². The van der Waals surface area contributed by atoms with E-state index in [2.05, 4.69) is 27.6 Å². The molecule has 0 aliphatic heterocycles. The van der Waals surface area contributed by atoms with Crippen LogP contribution in [0.1, 0.15) is 30.1 Å². The minimum atomic E-state index is 0.140. The van der Waals surface area contributed by atoms with Crippen LogP contribution in [0, 0.1) is 5.92 Å². The molecule has 3 aromatic rings. The number of benzene rings is 1. The predicted octanol–water partition coefficient (Wildman–Crippen LogP) is 2.58. The van der Waals surface area contributed by atoms with Crippen molar-refractivity contribution in [3.05, 3.63) is 66.1 Å². The molecule has 5 heteroatoms. The summed E-state index contributed by atoms with van der Waals surface area (Å²) in [5, 5.41) is 11.4. The van der Waals surface area contributed by atoms with Crippen LogP contribution in [0.2, 0.25) is 0 Å². The Morgan fingerprint density at radius 3 is 2.83 bits per heavy atom. The summed E-state index contributed by atoms with van der Waals surface area (Å²) in [7, 11) is 0. The number of carbonyl (C=O) groups is 1. The number of pyridine rings is 1. The van der Waals surface area contributed by atoms with E-state index in [1.54, 1.807) is 0 Å². The van der Waals surface area contributed by atoms with Crippen LogP contribution in [0.15, 0.2) is 54.7 Å². The summed E-state index contributed by atoms with van der Waals surface area (Å²) in [5.41, 5.74) is 2.13. The summed E-state index contributed by atoms with van der Waals surface area (Å²) in [6, 6.07) is 16.1. The molecule has 2 unspecified atom stereocenters. The van der Waals surface area contributed by atoms with Crippen molar-refractivity contribution < 1.29 is 4.79 Å². The highest BCUT2D eigenvalue weighted by molar-refractivity contribution is 5.82. The first-order valence-corrected chi connectivity index (χ1v) is 8.44. The van der Waals surface area contributed by atoms with Crippen molar-refractivity contribution in [2.45, 2.75) is 25.2 Å². The molecule has 0 bridgehead atoms. The number of aromatic nitrogens is 3. The van der Waals surface area contributed by atoms with Gasteiger partial charge in [-0.3, -0.25) is 9.20 Å². The summed E-state index contributed by atoms with van der Waals surface area (Å²) in [6.07, 6.45) is 4.60. The van der Waals surface area contributed by atoms with Gasteiger partial charge in [-0.25, -0.2) is 0 Å². The monoisotopic (exact) mass is 320 g/mol. The fraction of sp³-hybridized carbons (Fsp3) is 0.316. The molecular formula is C19H20N4O. The molecule has 2 aromatic heterocycles. The lowest BCUT2D eigenvalue weighted by Gasteiger charge is -2.05. The molecule has 0 radical (unpaired) electrons. The maximum absolute atomic E-state index is 12.2. The second-order valence-electron chi connectivity index (χ2n) is 6.30. The van der Waals surface area contributed by atoms with Crippen LogP contribution >= 0.6 is 0 Å². The Morgan fingerprint density at radius 2 is 1.96 bits per heavy atom. The number of carbonyl (C=O) groups excluding carboxylic acids is 1. The van der Waals surface area contributed by atoms with Gasteiger partial charge < -0.3 is 5.32 Å².